The molecule has 0 unspecified atom stereocenters. The number of carbonyl (C=O) groups excluding carboxylic acids is 1. The van der Waals surface area contributed by atoms with Crippen LogP contribution in [0, 0.1) is 0 Å². The number of aryl methyl sites for hydroxylation is 1. The fourth-order valence-electron chi connectivity index (χ4n) is 3.77. The molecule has 6 nitrogen and oxygen atoms in total. The Morgan fingerprint density at radius 2 is 1.86 bits per heavy atom. The molecule has 5 aromatic rings. The van der Waals surface area contributed by atoms with E-state index in [2.05, 4.69) is 32.7 Å². The first-order valence-electron chi connectivity index (χ1n) is 9.56. The molecule has 0 saturated heterocycles. The first-order valence-corrected chi connectivity index (χ1v) is 10.4. The van der Waals surface area contributed by atoms with Crippen LogP contribution < -0.4 is 0 Å². The lowest BCUT2D eigenvalue weighted by Gasteiger charge is -2.08. The van der Waals surface area contributed by atoms with Gasteiger partial charge in [0.05, 0.1) is 10.8 Å². The number of ketones is 1. The Hall–Kier alpha value is -3.19. The minimum Gasteiger partial charge on any atom is -0.360 e. The lowest BCUT2D eigenvalue weighted by Crippen LogP contribution is -2.14. The predicted octanol–water partition coefficient (Wildman–Crippen LogP) is 4.84. The maximum atomic E-state index is 13.0. The molecule has 0 aliphatic heterocycles. The molecule has 3 aromatic heterocycles. The summed E-state index contributed by atoms with van der Waals surface area (Å²) in [4.78, 5) is 20.9. The van der Waals surface area contributed by atoms with Gasteiger partial charge in [0.15, 0.2) is 11.4 Å². The lowest BCUT2D eigenvalue weighted by atomic mass is 10.1. The molecule has 29 heavy (non-hydrogen) atoms. The van der Waals surface area contributed by atoms with Crippen LogP contribution in [0.2, 0.25) is 0 Å². The quantitative estimate of drug-likeness (QED) is 0.337. The Morgan fingerprint density at radius 1 is 1.10 bits per heavy atom. The zero-order chi connectivity index (χ0) is 20.0. The van der Waals surface area contributed by atoms with E-state index in [0.717, 1.165) is 39.5 Å². The van der Waals surface area contributed by atoms with Crippen molar-refractivity contribution in [3.63, 3.8) is 0 Å². The molecule has 0 spiro atoms. The van der Waals surface area contributed by atoms with Crippen molar-refractivity contribution in [1.29, 1.82) is 0 Å². The van der Waals surface area contributed by atoms with Gasteiger partial charge in [0.2, 0.25) is 5.16 Å². The molecule has 0 fully saturated rings. The minimum atomic E-state index is -0.326. The Kier molecular flexibility index (Phi) is 4.32. The van der Waals surface area contributed by atoms with Gasteiger partial charge < -0.3 is 9.55 Å². The predicted molar refractivity (Wildman–Crippen MR) is 116 cm³/mol. The zero-order valence-corrected chi connectivity index (χ0v) is 16.9. The molecule has 0 aliphatic rings. The fourth-order valence-corrected chi connectivity index (χ4v) is 4.54. The van der Waals surface area contributed by atoms with Crippen molar-refractivity contribution < 1.29 is 4.79 Å². The average Bonchev–Trinajstić information content (AvgIpc) is 3.32. The molecular formula is C22H19N5OS. The molecule has 0 bridgehead atoms. The summed E-state index contributed by atoms with van der Waals surface area (Å²) in [7, 11) is 0. The number of thioether (sulfide) groups is 1. The smallest absolute Gasteiger partial charge is 0.211 e. The Morgan fingerprint density at radius 3 is 2.69 bits per heavy atom. The highest BCUT2D eigenvalue weighted by atomic mass is 32.2. The standard InChI is InChI=1S/C22H19N5OS/c1-3-27-18-11-7-5-9-15(18)19-21(27)24-22(26-25-19)29-13(2)20(28)16-12-23-17-10-6-4-8-14(16)17/h4-13,23H,3H2,1-2H3/t13-/m0/s1. The molecule has 0 radical (unpaired) electrons. The molecule has 2 aromatic carbocycles. The van der Waals surface area contributed by atoms with Crippen molar-refractivity contribution in [2.75, 3.05) is 0 Å². The third-order valence-electron chi connectivity index (χ3n) is 5.18. The summed E-state index contributed by atoms with van der Waals surface area (Å²) in [6.07, 6.45) is 1.78. The summed E-state index contributed by atoms with van der Waals surface area (Å²) in [5, 5.41) is 10.9. The van der Waals surface area contributed by atoms with E-state index in [4.69, 9.17) is 4.98 Å². The van der Waals surface area contributed by atoms with Crippen molar-refractivity contribution >= 4 is 50.5 Å². The number of benzene rings is 2. The molecule has 0 saturated carbocycles. The third-order valence-corrected chi connectivity index (χ3v) is 6.13. The van der Waals surface area contributed by atoms with Gasteiger partial charge in [-0.2, -0.15) is 0 Å². The summed E-state index contributed by atoms with van der Waals surface area (Å²) in [5.74, 6) is 0.0483. The van der Waals surface area contributed by atoms with Gasteiger partial charge >= 0.3 is 0 Å². The van der Waals surface area contributed by atoms with E-state index in [1.807, 2.05) is 49.4 Å². The number of H-pyrrole nitrogens is 1. The molecular weight excluding hydrogens is 382 g/mol. The number of aromatic amines is 1. The maximum Gasteiger partial charge on any atom is 0.211 e. The summed E-state index contributed by atoms with van der Waals surface area (Å²) >= 11 is 1.34. The van der Waals surface area contributed by atoms with Crippen LogP contribution in [0.25, 0.3) is 33.0 Å². The number of carbonyl (C=O) groups is 1. The highest BCUT2D eigenvalue weighted by Crippen LogP contribution is 2.29. The number of nitrogens with zero attached hydrogens (tertiary/aromatic N) is 4. The molecule has 1 N–H and O–H groups in total. The molecule has 1 atom stereocenters. The van der Waals surface area contributed by atoms with E-state index in [9.17, 15) is 4.79 Å². The van der Waals surface area contributed by atoms with E-state index < -0.39 is 0 Å². The van der Waals surface area contributed by atoms with Crippen LogP contribution in [-0.4, -0.2) is 35.8 Å². The van der Waals surface area contributed by atoms with Crippen LogP contribution in [0.4, 0.5) is 0 Å². The van der Waals surface area contributed by atoms with Gasteiger partial charge in [-0.15, -0.1) is 10.2 Å². The third kappa shape index (κ3) is 2.89. The van der Waals surface area contributed by atoms with Crippen molar-refractivity contribution in [1.82, 2.24) is 24.7 Å². The van der Waals surface area contributed by atoms with E-state index in [-0.39, 0.29) is 11.0 Å². The van der Waals surface area contributed by atoms with Crippen LogP contribution in [0.3, 0.4) is 0 Å². The van der Waals surface area contributed by atoms with E-state index in [1.165, 1.54) is 11.8 Å². The fraction of sp³-hybridized carbons (Fsp3) is 0.182. The van der Waals surface area contributed by atoms with Gasteiger partial charge in [0, 0.05) is 34.6 Å². The first-order chi connectivity index (χ1) is 14.2. The number of para-hydroxylation sites is 2. The van der Waals surface area contributed by atoms with Crippen LogP contribution in [0.1, 0.15) is 24.2 Å². The largest absolute Gasteiger partial charge is 0.360 e. The van der Waals surface area contributed by atoms with E-state index >= 15 is 0 Å². The SMILES string of the molecule is CCn1c2ccccc2c2nnc(S[C@@H](C)C(=O)c3c[nH]c4ccccc34)nc21. The van der Waals surface area contributed by atoms with Gasteiger partial charge in [0.1, 0.15) is 5.52 Å². The number of fused-ring (bicyclic) bond motifs is 4. The second kappa shape index (κ2) is 7.00. The normalized spacial score (nSPS) is 12.8. The summed E-state index contributed by atoms with van der Waals surface area (Å²) < 4.78 is 2.13. The summed E-state index contributed by atoms with van der Waals surface area (Å²) in [5.41, 5.74) is 4.34. The number of Topliss-reactive ketones (excluding diaryl/α,β-unsaturated/α-hetero) is 1. The van der Waals surface area contributed by atoms with Crippen molar-refractivity contribution in [3.05, 3.63) is 60.3 Å². The van der Waals surface area contributed by atoms with Crippen LogP contribution >= 0.6 is 11.8 Å². The number of rotatable bonds is 5. The first kappa shape index (κ1) is 17.9. The lowest BCUT2D eigenvalue weighted by molar-refractivity contribution is 0.0995. The number of nitrogens with one attached hydrogen (secondary N) is 1. The topological polar surface area (TPSA) is 76.5 Å². The number of aromatic nitrogens is 5. The van der Waals surface area contributed by atoms with Gasteiger partial charge in [0.25, 0.3) is 0 Å². The molecule has 144 valence electrons. The van der Waals surface area contributed by atoms with Crippen LogP contribution in [-0.2, 0) is 6.54 Å². The molecule has 7 heteroatoms. The summed E-state index contributed by atoms with van der Waals surface area (Å²) in [6, 6.07) is 15.9. The zero-order valence-electron chi connectivity index (χ0n) is 16.1. The second-order valence-electron chi connectivity index (χ2n) is 6.90. The highest BCUT2D eigenvalue weighted by molar-refractivity contribution is 8.00. The number of hydrogen-bond acceptors (Lipinski definition) is 5. The molecule has 5 rings (SSSR count). The van der Waals surface area contributed by atoms with Crippen LogP contribution in [0.15, 0.2) is 59.9 Å². The van der Waals surface area contributed by atoms with Crippen molar-refractivity contribution in [3.8, 4) is 0 Å². The monoisotopic (exact) mass is 401 g/mol. The molecule has 0 amide bonds. The Balaban J connectivity index is 1.49. The van der Waals surface area contributed by atoms with E-state index in [1.54, 1.807) is 6.20 Å². The van der Waals surface area contributed by atoms with Gasteiger partial charge in [-0.25, -0.2) is 4.98 Å². The van der Waals surface area contributed by atoms with Gasteiger partial charge in [-0.1, -0.05) is 48.2 Å². The van der Waals surface area contributed by atoms with E-state index in [0.29, 0.717) is 10.7 Å². The average molecular weight is 401 g/mol. The second-order valence-corrected chi connectivity index (χ2v) is 8.21. The summed E-state index contributed by atoms with van der Waals surface area (Å²) in [6.45, 7) is 4.76. The van der Waals surface area contributed by atoms with Gasteiger partial charge in [-0.3, -0.25) is 4.79 Å². The number of hydrogen-bond donors (Lipinski definition) is 1. The molecule has 3 heterocycles. The van der Waals surface area contributed by atoms with Crippen molar-refractivity contribution in [2.24, 2.45) is 0 Å². The molecule has 0 aliphatic carbocycles. The Labute approximate surface area is 171 Å². The van der Waals surface area contributed by atoms with Gasteiger partial charge in [-0.05, 0) is 26.0 Å². The maximum absolute atomic E-state index is 13.0. The van der Waals surface area contributed by atoms with Crippen molar-refractivity contribution in [2.45, 2.75) is 30.8 Å². The van der Waals surface area contributed by atoms with Crippen LogP contribution in [0.5, 0.6) is 0 Å². The minimum absolute atomic E-state index is 0.0483. The Bertz CT molecular complexity index is 1370. The highest BCUT2D eigenvalue weighted by Gasteiger charge is 2.22.